The van der Waals surface area contributed by atoms with Crippen LogP contribution in [0.5, 0.6) is 5.75 Å². The maximum Gasteiger partial charge on any atom is 0.573 e. The summed E-state index contributed by atoms with van der Waals surface area (Å²) in [5.41, 5.74) is 7.41. The molecule has 1 amide bonds. The van der Waals surface area contributed by atoms with Gasteiger partial charge in [-0.15, -0.1) is 13.2 Å². The summed E-state index contributed by atoms with van der Waals surface area (Å²) in [6.07, 6.45) is -2.49. The zero-order valence-electron chi connectivity index (χ0n) is 15.7. The van der Waals surface area contributed by atoms with Crippen LogP contribution < -0.4 is 15.8 Å². The van der Waals surface area contributed by atoms with Gasteiger partial charge < -0.3 is 15.8 Å². The molecule has 0 aliphatic heterocycles. The SMILES string of the molecule is CCC(C(N)=O)[C@H](CCc1ccccc1)CNc1ccc(OC(F)(F)F)cc1. The standard InChI is InChI=1S/C21H25F3N2O2/c1-2-19(20(25)27)16(9-8-15-6-4-3-5-7-15)14-26-17-10-12-18(13-11-17)28-21(22,23)24/h3-7,10-13,16,19,26H,2,8-9,14H2,1H3,(H2,25,27)/t16-,19?/m1/s1. The molecule has 0 spiro atoms. The molecule has 152 valence electrons. The van der Waals surface area contributed by atoms with E-state index in [4.69, 9.17) is 5.73 Å². The Morgan fingerprint density at radius 3 is 2.29 bits per heavy atom. The van der Waals surface area contributed by atoms with Crippen LogP contribution in [0.15, 0.2) is 54.6 Å². The van der Waals surface area contributed by atoms with Gasteiger partial charge in [-0.05, 0) is 55.0 Å². The van der Waals surface area contributed by atoms with Gasteiger partial charge >= 0.3 is 6.36 Å². The number of halogens is 3. The first-order chi connectivity index (χ1) is 13.3. The molecule has 4 nitrogen and oxygen atoms in total. The van der Waals surface area contributed by atoms with Crippen LogP contribution in [0.3, 0.4) is 0 Å². The topological polar surface area (TPSA) is 64.4 Å². The summed E-state index contributed by atoms with van der Waals surface area (Å²) in [7, 11) is 0. The van der Waals surface area contributed by atoms with E-state index in [0.29, 0.717) is 18.7 Å². The third-order valence-electron chi connectivity index (χ3n) is 4.68. The van der Waals surface area contributed by atoms with E-state index in [1.165, 1.54) is 29.8 Å². The molecular weight excluding hydrogens is 369 g/mol. The summed E-state index contributed by atoms with van der Waals surface area (Å²) in [6, 6.07) is 15.5. The molecule has 0 fully saturated rings. The van der Waals surface area contributed by atoms with Crippen molar-refractivity contribution in [3.63, 3.8) is 0 Å². The smallest absolute Gasteiger partial charge is 0.406 e. The number of rotatable bonds is 10. The third kappa shape index (κ3) is 7.13. The minimum atomic E-state index is -4.71. The van der Waals surface area contributed by atoms with Gasteiger partial charge in [-0.3, -0.25) is 4.79 Å². The van der Waals surface area contributed by atoms with Gasteiger partial charge in [0.05, 0.1) is 0 Å². The van der Waals surface area contributed by atoms with Crippen molar-refractivity contribution >= 4 is 11.6 Å². The zero-order chi connectivity index (χ0) is 20.6. The summed E-state index contributed by atoms with van der Waals surface area (Å²) < 4.78 is 40.6. The lowest BCUT2D eigenvalue weighted by Crippen LogP contribution is -2.33. The number of nitrogens with two attached hydrogens (primary N) is 1. The van der Waals surface area contributed by atoms with Gasteiger partial charge in [-0.1, -0.05) is 37.3 Å². The van der Waals surface area contributed by atoms with E-state index in [0.717, 1.165) is 12.8 Å². The fourth-order valence-electron chi connectivity index (χ4n) is 3.23. The monoisotopic (exact) mass is 394 g/mol. The first kappa shape index (κ1) is 21.6. The average Bonchev–Trinajstić information content (AvgIpc) is 2.64. The maximum absolute atomic E-state index is 12.2. The van der Waals surface area contributed by atoms with Crippen LogP contribution in [-0.2, 0) is 11.2 Å². The number of primary amides is 1. The van der Waals surface area contributed by atoms with Crippen LogP contribution in [0.25, 0.3) is 0 Å². The molecule has 0 bridgehead atoms. The Balaban J connectivity index is 2.00. The number of ether oxygens (including phenoxy) is 1. The minimum absolute atomic E-state index is 0.00816. The van der Waals surface area contributed by atoms with E-state index in [2.05, 4.69) is 10.1 Å². The molecule has 0 aliphatic rings. The van der Waals surface area contributed by atoms with Gasteiger partial charge in [0.25, 0.3) is 0 Å². The van der Waals surface area contributed by atoms with Crippen molar-refractivity contribution in [2.45, 2.75) is 32.5 Å². The molecule has 3 N–H and O–H groups in total. The van der Waals surface area contributed by atoms with Crippen molar-refractivity contribution < 1.29 is 22.7 Å². The van der Waals surface area contributed by atoms with Gasteiger partial charge in [0.2, 0.25) is 5.91 Å². The van der Waals surface area contributed by atoms with E-state index in [1.54, 1.807) is 0 Å². The molecule has 2 rings (SSSR count). The summed E-state index contributed by atoms with van der Waals surface area (Å²) in [6.45, 7) is 2.42. The van der Waals surface area contributed by atoms with Crippen LogP contribution in [0.4, 0.5) is 18.9 Å². The molecule has 2 aromatic rings. The van der Waals surface area contributed by atoms with Crippen LogP contribution in [0.2, 0.25) is 0 Å². The van der Waals surface area contributed by atoms with Crippen LogP contribution in [0, 0.1) is 11.8 Å². The lowest BCUT2D eigenvalue weighted by atomic mass is 9.84. The molecule has 0 aliphatic carbocycles. The van der Waals surface area contributed by atoms with Crippen LogP contribution >= 0.6 is 0 Å². The number of benzene rings is 2. The number of carbonyl (C=O) groups is 1. The minimum Gasteiger partial charge on any atom is -0.406 e. The summed E-state index contributed by atoms with van der Waals surface area (Å²) in [4.78, 5) is 11.8. The van der Waals surface area contributed by atoms with Crippen molar-refractivity contribution in [1.82, 2.24) is 0 Å². The van der Waals surface area contributed by atoms with Gasteiger partial charge in [0.1, 0.15) is 5.75 Å². The Labute approximate surface area is 162 Å². The largest absolute Gasteiger partial charge is 0.573 e. The highest BCUT2D eigenvalue weighted by molar-refractivity contribution is 5.77. The van der Waals surface area contributed by atoms with Crippen molar-refractivity contribution in [3.8, 4) is 5.75 Å². The highest BCUT2D eigenvalue weighted by Gasteiger charge is 2.31. The van der Waals surface area contributed by atoms with Crippen molar-refractivity contribution in [2.24, 2.45) is 17.6 Å². The normalized spacial score (nSPS) is 13.6. The predicted molar refractivity (Wildman–Crippen MR) is 103 cm³/mol. The summed E-state index contributed by atoms with van der Waals surface area (Å²) in [5.74, 6) is -0.878. The molecule has 2 atom stereocenters. The summed E-state index contributed by atoms with van der Waals surface area (Å²) in [5, 5.41) is 3.20. The maximum atomic E-state index is 12.2. The van der Waals surface area contributed by atoms with E-state index >= 15 is 0 Å². The molecule has 7 heteroatoms. The number of aryl methyl sites for hydroxylation is 1. The Morgan fingerprint density at radius 2 is 1.75 bits per heavy atom. The number of hydrogen-bond donors (Lipinski definition) is 2. The molecule has 28 heavy (non-hydrogen) atoms. The van der Waals surface area contributed by atoms with Crippen LogP contribution in [-0.4, -0.2) is 18.8 Å². The number of amides is 1. The molecule has 0 radical (unpaired) electrons. The molecular formula is C21H25F3N2O2. The molecule has 0 saturated heterocycles. The molecule has 2 aromatic carbocycles. The number of hydrogen-bond acceptors (Lipinski definition) is 3. The number of nitrogens with one attached hydrogen (secondary N) is 1. The molecule has 0 aromatic heterocycles. The fraction of sp³-hybridized carbons (Fsp3) is 0.381. The van der Waals surface area contributed by atoms with Gasteiger partial charge in [-0.25, -0.2) is 0 Å². The molecule has 0 saturated carbocycles. The predicted octanol–water partition coefficient (Wildman–Crippen LogP) is 4.76. The highest BCUT2D eigenvalue weighted by atomic mass is 19.4. The lowest BCUT2D eigenvalue weighted by molar-refractivity contribution is -0.274. The highest BCUT2D eigenvalue weighted by Crippen LogP contribution is 2.26. The first-order valence-electron chi connectivity index (χ1n) is 9.21. The molecule has 0 heterocycles. The van der Waals surface area contributed by atoms with E-state index in [9.17, 15) is 18.0 Å². The van der Waals surface area contributed by atoms with Gasteiger partial charge in [-0.2, -0.15) is 0 Å². The first-order valence-corrected chi connectivity index (χ1v) is 9.21. The van der Waals surface area contributed by atoms with Gasteiger partial charge in [0.15, 0.2) is 0 Å². The molecule has 1 unspecified atom stereocenters. The Kier molecular flexibility index (Phi) is 7.72. The quantitative estimate of drug-likeness (QED) is 0.611. The second-order valence-corrected chi connectivity index (χ2v) is 6.65. The second-order valence-electron chi connectivity index (χ2n) is 6.65. The Morgan fingerprint density at radius 1 is 1.11 bits per heavy atom. The van der Waals surface area contributed by atoms with Crippen molar-refractivity contribution in [1.29, 1.82) is 0 Å². The number of alkyl halides is 3. The second kappa shape index (κ2) is 10.0. The fourth-order valence-corrected chi connectivity index (χ4v) is 3.23. The van der Waals surface area contributed by atoms with E-state index in [1.807, 2.05) is 37.3 Å². The lowest BCUT2D eigenvalue weighted by Gasteiger charge is -2.25. The van der Waals surface area contributed by atoms with Crippen LogP contribution in [0.1, 0.15) is 25.3 Å². The van der Waals surface area contributed by atoms with E-state index in [-0.39, 0.29) is 23.5 Å². The Bertz CT molecular complexity index is 734. The van der Waals surface area contributed by atoms with Gasteiger partial charge in [0, 0.05) is 18.2 Å². The van der Waals surface area contributed by atoms with Crippen molar-refractivity contribution in [2.75, 3.05) is 11.9 Å². The number of anilines is 1. The van der Waals surface area contributed by atoms with E-state index < -0.39 is 6.36 Å². The average molecular weight is 394 g/mol. The third-order valence-corrected chi connectivity index (χ3v) is 4.68. The van der Waals surface area contributed by atoms with Crippen molar-refractivity contribution in [3.05, 3.63) is 60.2 Å². The Hall–Kier alpha value is -2.70. The zero-order valence-corrected chi connectivity index (χ0v) is 15.7. The summed E-state index contributed by atoms with van der Waals surface area (Å²) >= 11 is 0. The number of carbonyl (C=O) groups excluding carboxylic acids is 1.